The van der Waals surface area contributed by atoms with E-state index >= 15 is 0 Å². The van der Waals surface area contributed by atoms with Crippen molar-refractivity contribution >= 4 is 17.2 Å². The molecule has 140 valence electrons. The molecule has 1 aromatic carbocycles. The lowest BCUT2D eigenvalue weighted by Crippen LogP contribution is -2.48. The molecule has 0 unspecified atom stereocenters. The standard InChI is InChI=1S/C21H22ClN3O2/c1-14-4-2-5-15(17(14)22)27-16-6-3-13-25-18(16)23-24-19(25)20-7-10-21(26,11-8-20)12-9-20/h2-6,13,26H,7-12H2,1H3. The molecule has 3 aromatic rings. The van der Waals surface area contributed by atoms with Crippen molar-refractivity contribution in [2.45, 2.75) is 56.5 Å². The number of aromatic nitrogens is 3. The van der Waals surface area contributed by atoms with E-state index in [9.17, 15) is 5.11 Å². The molecule has 2 bridgehead atoms. The smallest absolute Gasteiger partial charge is 0.203 e. The molecule has 2 heterocycles. The van der Waals surface area contributed by atoms with Gasteiger partial charge in [-0.15, -0.1) is 10.2 Å². The topological polar surface area (TPSA) is 59.7 Å². The fourth-order valence-electron chi connectivity index (χ4n) is 4.65. The molecule has 27 heavy (non-hydrogen) atoms. The second kappa shape index (κ2) is 5.94. The summed E-state index contributed by atoms with van der Waals surface area (Å²) in [4.78, 5) is 0. The molecule has 2 aromatic heterocycles. The zero-order valence-corrected chi connectivity index (χ0v) is 16.0. The van der Waals surface area contributed by atoms with E-state index in [4.69, 9.17) is 16.3 Å². The first-order valence-electron chi connectivity index (χ1n) is 9.49. The average Bonchev–Trinajstić information content (AvgIpc) is 3.12. The number of aliphatic hydroxyl groups is 1. The van der Waals surface area contributed by atoms with Crippen molar-refractivity contribution < 1.29 is 9.84 Å². The Hall–Kier alpha value is -2.11. The second-order valence-corrected chi connectivity index (χ2v) is 8.46. The van der Waals surface area contributed by atoms with Crippen molar-refractivity contribution in [1.29, 1.82) is 0 Å². The van der Waals surface area contributed by atoms with E-state index in [2.05, 4.69) is 14.6 Å². The van der Waals surface area contributed by atoms with E-state index in [1.165, 1.54) is 0 Å². The van der Waals surface area contributed by atoms with Crippen molar-refractivity contribution in [3.63, 3.8) is 0 Å². The number of nitrogens with zero attached hydrogens (tertiary/aromatic N) is 3. The molecule has 3 aliphatic rings. The van der Waals surface area contributed by atoms with Crippen molar-refractivity contribution in [3.05, 3.63) is 52.9 Å². The van der Waals surface area contributed by atoms with Gasteiger partial charge >= 0.3 is 0 Å². The van der Waals surface area contributed by atoms with Crippen LogP contribution in [-0.2, 0) is 5.41 Å². The van der Waals surface area contributed by atoms with Gasteiger partial charge in [0.15, 0.2) is 5.75 Å². The van der Waals surface area contributed by atoms with Crippen molar-refractivity contribution in [2.24, 2.45) is 0 Å². The Morgan fingerprint density at radius 3 is 2.44 bits per heavy atom. The molecule has 0 spiro atoms. The van der Waals surface area contributed by atoms with Crippen molar-refractivity contribution in [2.75, 3.05) is 0 Å². The van der Waals surface area contributed by atoms with Crippen LogP contribution in [0.2, 0.25) is 5.02 Å². The summed E-state index contributed by atoms with van der Waals surface area (Å²) in [6.07, 6.45) is 7.40. The molecule has 3 aliphatic carbocycles. The second-order valence-electron chi connectivity index (χ2n) is 8.08. The molecule has 0 aliphatic heterocycles. The maximum Gasteiger partial charge on any atom is 0.203 e. The Labute approximate surface area is 162 Å². The van der Waals surface area contributed by atoms with Gasteiger partial charge < -0.3 is 9.84 Å². The lowest BCUT2D eigenvalue weighted by atomic mass is 9.58. The highest BCUT2D eigenvalue weighted by Gasteiger charge is 2.50. The predicted molar refractivity (Wildman–Crippen MR) is 104 cm³/mol. The van der Waals surface area contributed by atoms with Crippen LogP contribution < -0.4 is 4.74 Å². The Morgan fingerprint density at radius 2 is 1.70 bits per heavy atom. The molecule has 0 radical (unpaired) electrons. The van der Waals surface area contributed by atoms with E-state index in [1.807, 2.05) is 43.5 Å². The van der Waals surface area contributed by atoms with Gasteiger partial charge in [0, 0.05) is 11.6 Å². The zero-order chi connectivity index (χ0) is 18.6. The molecule has 3 saturated carbocycles. The van der Waals surface area contributed by atoms with Crippen molar-refractivity contribution in [3.8, 4) is 11.5 Å². The molecule has 0 saturated heterocycles. The number of benzene rings is 1. The summed E-state index contributed by atoms with van der Waals surface area (Å²) in [6.45, 7) is 1.96. The maximum atomic E-state index is 10.5. The third-order valence-corrected chi connectivity index (χ3v) is 6.94. The molecule has 6 rings (SSSR count). The Bertz CT molecular complexity index is 1000. The number of fused-ring (bicyclic) bond motifs is 4. The number of ether oxygens (including phenoxy) is 1. The van der Waals surface area contributed by atoms with Gasteiger partial charge in [0.25, 0.3) is 0 Å². The fourth-order valence-corrected chi connectivity index (χ4v) is 4.82. The van der Waals surface area contributed by atoms with E-state index in [1.54, 1.807) is 0 Å². The monoisotopic (exact) mass is 383 g/mol. The molecule has 0 atom stereocenters. The minimum absolute atomic E-state index is 0.00347. The summed E-state index contributed by atoms with van der Waals surface area (Å²) in [5.74, 6) is 2.25. The van der Waals surface area contributed by atoms with Crippen LogP contribution in [0.25, 0.3) is 5.65 Å². The highest BCUT2D eigenvalue weighted by atomic mass is 35.5. The maximum absolute atomic E-state index is 10.5. The SMILES string of the molecule is Cc1cccc(Oc2cccn3c(C45CCC(O)(CC4)CC5)nnc23)c1Cl. The minimum atomic E-state index is -0.460. The number of aryl methyl sites for hydroxylation is 1. The van der Waals surface area contributed by atoms with Gasteiger partial charge in [0.2, 0.25) is 5.65 Å². The van der Waals surface area contributed by atoms with Crippen LogP contribution in [0, 0.1) is 6.92 Å². The van der Waals surface area contributed by atoms with Crippen LogP contribution in [0.5, 0.6) is 11.5 Å². The largest absolute Gasteiger partial charge is 0.452 e. The molecule has 1 N–H and O–H groups in total. The van der Waals surface area contributed by atoms with Gasteiger partial charge in [0.1, 0.15) is 11.6 Å². The van der Waals surface area contributed by atoms with E-state index < -0.39 is 5.60 Å². The van der Waals surface area contributed by atoms with Gasteiger partial charge in [-0.2, -0.15) is 0 Å². The minimum Gasteiger partial charge on any atom is -0.452 e. The number of pyridine rings is 1. The van der Waals surface area contributed by atoms with Crippen LogP contribution in [-0.4, -0.2) is 25.3 Å². The normalized spacial score (nSPS) is 27.2. The molecular formula is C21H22ClN3O2. The summed E-state index contributed by atoms with van der Waals surface area (Å²) in [5, 5.41) is 20.2. The van der Waals surface area contributed by atoms with Crippen LogP contribution in [0.1, 0.15) is 49.9 Å². The van der Waals surface area contributed by atoms with Crippen LogP contribution in [0.15, 0.2) is 36.5 Å². The summed E-state index contributed by atoms with van der Waals surface area (Å²) < 4.78 is 8.15. The third kappa shape index (κ3) is 2.64. The number of hydrogen-bond acceptors (Lipinski definition) is 4. The summed E-state index contributed by atoms with van der Waals surface area (Å²) in [6, 6.07) is 9.59. The Balaban J connectivity index is 1.55. The van der Waals surface area contributed by atoms with Gasteiger partial charge in [-0.05, 0) is 69.2 Å². The predicted octanol–water partition coefficient (Wildman–Crippen LogP) is 4.82. The fraction of sp³-hybridized carbons (Fsp3) is 0.429. The highest BCUT2D eigenvalue weighted by molar-refractivity contribution is 6.32. The molecule has 0 amide bonds. The van der Waals surface area contributed by atoms with E-state index in [0.717, 1.165) is 49.9 Å². The van der Waals surface area contributed by atoms with Gasteiger partial charge in [0.05, 0.1) is 10.6 Å². The van der Waals surface area contributed by atoms with Crippen LogP contribution in [0.4, 0.5) is 0 Å². The summed E-state index contributed by atoms with van der Waals surface area (Å²) in [7, 11) is 0. The number of rotatable bonds is 3. The molecular weight excluding hydrogens is 362 g/mol. The summed E-state index contributed by atoms with van der Waals surface area (Å²) >= 11 is 6.39. The lowest BCUT2D eigenvalue weighted by Gasteiger charge is -2.49. The summed E-state index contributed by atoms with van der Waals surface area (Å²) in [5.41, 5.74) is 1.21. The van der Waals surface area contributed by atoms with E-state index in [-0.39, 0.29) is 5.41 Å². The molecule has 3 fully saturated rings. The van der Waals surface area contributed by atoms with Gasteiger partial charge in [-0.25, -0.2) is 0 Å². The van der Waals surface area contributed by atoms with Gasteiger partial charge in [-0.3, -0.25) is 4.40 Å². The third-order valence-electron chi connectivity index (χ3n) is 6.46. The molecule has 6 heteroatoms. The van der Waals surface area contributed by atoms with Crippen LogP contribution >= 0.6 is 11.6 Å². The average molecular weight is 384 g/mol. The first kappa shape index (κ1) is 17.0. The van der Waals surface area contributed by atoms with E-state index in [0.29, 0.717) is 22.2 Å². The first-order chi connectivity index (χ1) is 13.0. The highest BCUT2D eigenvalue weighted by Crippen LogP contribution is 2.53. The Kier molecular flexibility index (Phi) is 3.75. The number of hydrogen-bond donors (Lipinski definition) is 1. The van der Waals surface area contributed by atoms with Gasteiger partial charge in [-0.1, -0.05) is 23.7 Å². The Morgan fingerprint density at radius 1 is 1.00 bits per heavy atom. The lowest BCUT2D eigenvalue weighted by molar-refractivity contribution is -0.0682. The molecule has 5 nitrogen and oxygen atoms in total. The first-order valence-corrected chi connectivity index (χ1v) is 9.87. The van der Waals surface area contributed by atoms with Crippen molar-refractivity contribution in [1.82, 2.24) is 14.6 Å². The quantitative estimate of drug-likeness (QED) is 0.704. The number of halogens is 1. The van der Waals surface area contributed by atoms with Crippen LogP contribution in [0.3, 0.4) is 0 Å². The zero-order valence-electron chi connectivity index (χ0n) is 15.3.